The van der Waals surface area contributed by atoms with Crippen LogP contribution in [0.15, 0.2) is 29.3 Å². The quantitative estimate of drug-likeness (QED) is 0.671. The summed E-state index contributed by atoms with van der Waals surface area (Å²) in [7, 11) is 0. The van der Waals surface area contributed by atoms with Crippen molar-refractivity contribution in [3.8, 4) is 0 Å². The predicted molar refractivity (Wildman–Crippen MR) is 54.3 cm³/mol. The van der Waals surface area contributed by atoms with Crippen LogP contribution < -0.4 is 11.5 Å². The van der Waals surface area contributed by atoms with Gasteiger partial charge in [-0.3, -0.25) is 9.79 Å². The molecule has 0 bridgehead atoms. The first-order valence-electron chi connectivity index (χ1n) is 4.35. The van der Waals surface area contributed by atoms with E-state index in [4.69, 9.17) is 11.5 Å². The number of hydrogen-bond acceptors (Lipinski definition) is 3. The lowest BCUT2D eigenvalue weighted by Gasteiger charge is -2.28. The van der Waals surface area contributed by atoms with Gasteiger partial charge in [0.25, 0.3) is 0 Å². The predicted octanol–water partition coefficient (Wildman–Crippen LogP) is 0.432. The zero-order valence-corrected chi connectivity index (χ0v) is 7.60. The largest absolute Gasteiger partial charge is 0.368 e. The van der Waals surface area contributed by atoms with Crippen LogP contribution in [-0.4, -0.2) is 12.1 Å². The summed E-state index contributed by atoms with van der Waals surface area (Å²) < 4.78 is 0. The number of amides is 1. The molecule has 1 aliphatic rings. The molecule has 1 aromatic carbocycles. The Bertz CT molecular complexity index is 414. The molecule has 0 saturated carbocycles. The number of hydrogen-bond donors (Lipinski definition) is 2. The van der Waals surface area contributed by atoms with Crippen molar-refractivity contribution in [1.82, 2.24) is 0 Å². The molecule has 1 atom stereocenters. The molecular weight excluding hydrogens is 178 g/mol. The molecule has 1 amide bonds. The zero-order valence-electron chi connectivity index (χ0n) is 7.60. The highest BCUT2D eigenvalue weighted by Crippen LogP contribution is 2.33. The first-order chi connectivity index (χ1) is 6.64. The first-order valence-corrected chi connectivity index (χ1v) is 4.35. The maximum Gasteiger partial charge on any atom is 0.242 e. The van der Waals surface area contributed by atoms with E-state index in [2.05, 4.69) is 4.99 Å². The molecule has 14 heavy (non-hydrogen) atoms. The minimum Gasteiger partial charge on any atom is -0.368 e. The molecule has 0 aromatic heterocycles. The summed E-state index contributed by atoms with van der Waals surface area (Å²) in [6.45, 7) is 0. The molecule has 2 rings (SSSR count). The average Bonchev–Trinajstić information content (AvgIpc) is 2.18. The van der Waals surface area contributed by atoms with E-state index in [0.717, 1.165) is 5.69 Å². The summed E-state index contributed by atoms with van der Waals surface area (Å²) in [6, 6.07) is 7.28. The van der Waals surface area contributed by atoms with Gasteiger partial charge >= 0.3 is 0 Å². The molecule has 0 spiro atoms. The minimum atomic E-state index is -1.10. The number of aliphatic imine (C=N–C) groups is 1. The van der Waals surface area contributed by atoms with Crippen LogP contribution in [0.2, 0.25) is 0 Å². The lowest BCUT2D eigenvalue weighted by molar-refractivity contribution is -0.123. The van der Waals surface area contributed by atoms with Crippen LogP contribution in [0.25, 0.3) is 0 Å². The van der Waals surface area contributed by atoms with Crippen molar-refractivity contribution in [2.24, 2.45) is 16.5 Å². The first kappa shape index (κ1) is 8.90. The Balaban J connectivity index is 2.61. The molecule has 0 radical (unpaired) electrons. The Morgan fingerprint density at radius 1 is 1.43 bits per heavy atom. The lowest BCUT2D eigenvalue weighted by Crippen LogP contribution is -2.50. The summed E-state index contributed by atoms with van der Waals surface area (Å²) in [5, 5.41) is 0. The number of para-hydroxylation sites is 1. The smallest absolute Gasteiger partial charge is 0.242 e. The molecule has 1 heterocycles. The van der Waals surface area contributed by atoms with Crippen LogP contribution in [0.4, 0.5) is 5.69 Å². The van der Waals surface area contributed by atoms with Crippen LogP contribution in [0.3, 0.4) is 0 Å². The highest BCUT2D eigenvalue weighted by molar-refractivity contribution is 5.92. The Hall–Kier alpha value is -1.68. The monoisotopic (exact) mass is 189 g/mol. The van der Waals surface area contributed by atoms with Crippen LogP contribution >= 0.6 is 0 Å². The Kier molecular flexibility index (Phi) is 1.86. The standard InChI is InChI=1S/C10H11N3O/c11-9(14)10(12)5-6-13-8-4-2-1-3-7(8)10/h1-4,6H,5,12H2,(H2,11,14). The summed E-state index contributed by atoms with van der Waals surface area (Å²) in [5.74, 6) is -0.517. The van der Waals surface area contributed by atoms with Gasteiger partial charge in [0.1, 0.15) is 5.54 Å². The lowest BCUT2D eigenvalue weighted by atomic mass is 9.84. The van der Waals surface area contributed by atoms with Gasteiger partial charge in [-0.15, -0.1) is 0 Å². The normalized spacial score (nSPS) is 24.4. The second kappa shape index (κ2) is 2.92. The van der Waals surface area contributed by atoms with Crippen molar-refractivity contribution in [3.63, 3.8) is 0 Å². The van der Waals surface area contributed by atoms with Crippen molar-refractivity contribution in [2.75, 3.05) is 0 Å². The summed E-state index contributed by atoms with van der Waals surface area (Å²) in [4.78, 5) is 15.4. The van der Waals surface area contributed by atoms with Gasteiger partial charge in [0.2, 0.25) is 5.91 Å². The van der Waals surface area contributed by atoms with Gasteiger partial charge in [0.05, 0.1) is 5.69 Å². The molecule has 4 heteroatoms. The Morgan fingerprint density at radius 2 is 2.14 bits per heavy atom. The highest BCUT2D eigenvalue weighted by Gasteiger charge is 2.36. The second-order valence-electron chi connectivity index (χ2n) is 3.37. The van der Waals surface area contributed by atoms with Crippen molar-refractivity contribution in [3.05, 3.63) is 29.8 Å². The number of primary amides is 1. The molecule has 1 unspecified atom stereocenters. The van der Waals surface area contributed by atoms with E-state index in [0.29, 0.717) is 12.0 Å². The fraction of sp³-hybridized carbons (Fsp3) is 0.200. The molecule has 4 N–H and O–H groups in total. The molecular formula is C10H11N3O. The summed E-state index contributed by atoms with van der Waals surface area (Å²) >= 11 is 0. The fourth-order valence-corrected chi connectivity index (χ4v) is 1.59. The number of carbonyl (C=O) groups excluding carboxylic acids is 1. The molecule has 4 nitrogen and oxygen atoms in total. The Morgan fingerprint density at radius 3 is 2.86 bits per heavy atom. The Labute approximate surface area is 81.6 Å². The second-order valence-corrected chi connectivity index (χ2v) is 3.37. The third kappa shape index (κ3) is 1.12. The van der Waals surface area contributed by atoms with Gasteiger partial charge in [-0.2, -0.15) is 0 Å². The average molecular weight is 189 g/mol. The number of rotatable bonds is 1. The van der Waals surface area contributed by atoms with Crippen LogP contribution in [0, 0.1) is 0 Å². The van der Waals surface area contributed by atoms with Crippen molar-refractivity contribution < 1.29 is 4.79 Å². The van der Waals surface area contributed by atoms with Gasteiger partial charge in [-0.25, -0.2) is 0 Å². The molecule has 1 aromatic rings. The highest BCUT2D eigenvalue weighted by atomic mass is 16.1. The molecule has 0 aliphatic carbocycles. The molecule has 0 fully saturated rings. The number of nitrogens with two attached hydrogens (primary N) is 2. The number of nitrogens with zero attached hydrogens (tertiary/aromatic N) is 1. The fourth-order valence-electron chi connectivity index (χ4n) is 1.59. The minimum absolute atomic E-state index is 0.360. The van der Waals surface area contributed by atoms with Crippen molar-refractivity contribution in [1.29, 1.82) is 0 Å². The summed E-state index contributed by atoms with van der Waals surface area (Å²) in [6.07, 6.45) is 1.99. The van der Waals surface area contributed by atoms with Gasteiger partial charge in [-0.05, 0) is 6.07 Å². The van der Waals surface area contributed by atoms with E-state index >= 15 is 0 Å². The van der Waals surface area contributed by atoms with Crippen molar-refractivity contribution >= 4 is 17.8 Å². The number of fused-ring (bicyclic) bond motifs is 1. The van der Waals surface area contributed by atoms with E-state index in [9.17, 15) is 4.79 Å². The third-order valence-corrected chi connectivity index (χ3v) is 2.47. The van der Waals surface area contributed by atoms with Crippen LogP contribution in [0.5, 0.6) is 0 Å². The third-order valence-electron chi connectivity index (χ3n) is 2.47. The topological polar surface area (TPSA) is 81.5 Å². The number of carbonyl (C=O) groups is 1. The van der Waals surface area contributed by atoms with E-state index < -0.39 is 11.4 Å². The summed E-state index contributed by atoms with van der Waals surface area (Å²) in [5.41, 5.74) is 11.6. The zero-order chi connectivity index (χ0) is 10.2. The molecule has 72 valence electrons. The van der Waals surface area contributed by atoms with Gasteiger partial charge < -0.3 is 11.5 Å². The van der Waals surface area contributed by atoms with Gasteiger partial charge in [0.15, 0.2) is 0 Å². The van der Waals surface area contributed by atoms with E-state index in [-0.39, 0.29) is 0 Å². The van der Waals surface area contributed by atoms with E-state index in [1.54, 1.807) is 12.3 Å². The van der Waals surface area contributed by atoms with Gasteiger partial charge in [0, 0.05) is 18.2 Å². The van der Waals surface area contributed by atoms with Crippen LogP contribution in [0.1, 0.15) is 12.0 Å². The number of benzene rings is 1. The van der Waals surface area contributed by atoms with Crippen molar-refractivity contribution in [2.45, 2.75) is 12.0 Å². The SMILES string of the molecule is NC(=O)C1(N)CC=Nc2ccccc21. The van der Waals surface area contributed by atoms with Crippen LogP contribution in [-0.2, 0) is 10.3 Å². The maximum absolute atomic E-state index is 11.3. The molecule has 0 saturated heterocycles. The van der Waals surface area contributed by atoms with Gasteiger partial charge in [-0.1, -0.05) is 18.2 Å². The van der Waals surface area contributed by atoms with E-state index in [1.807, 2.05) is 18.2 Å². The van der Waals surface area contributed by atoms with E-state index in [1.165, 1.54) is 0 Å². The maximum atomic E-state index is 11.3. The molecule has 1 aliphatic heterocycles.